The number of allylic oxidation sites excluding steroid dienone is 4. The molecule has 0 amide bonds. The smallest absolute Gasteiger partial charge is 0.458 e. The number of phosphoric ester groups is 1. The van der Waals surface area contributed by atoms with Crippen molar-refractivity contribution in [3.05, 3.63) is 24.3 Å². The van der Waals surface area contributed by atoms with Gasteiger partial charge in [0, 0.05) is 13.5 Å². The normalized spacial score (nSPS) is 14.5. The second-order valence-corrected chi connectivity index (χ2v) is 14.1. The quantitative estimate of drug-likeness (QED) is 0.0268. The van der Waals surface area contributed by atoms with E-state index in [2.05, 4.69) is 31.2 Å². The average molecular weight is 633 g/mol. The Kier molecular flexibility index (Phi) is 27.8. The number of ether oxygens (including phenoxy) is 2. The summed E-state index contributed by atoms with van der Waals surface area (Å²) in [5.74, 6) is -0.491. The van der Waals surface area contributed by atoms with Crippen molar-refractivity contribution in [3.63, 3.8) is 0 Å². The number of esters is 1. The van der Waals surface area contributed by atoms with Gasteiger partial charge in [-0.1, -0.05) is 108 Å². The summed E-state index contributed by atoms with van der Waals surface area (Å²) in [5, 5.41) is 0. The van der Waals surface area contributed by atoms with Crippen LogP contribution < -0.4 is 0 Å². The Labute approximate surface area is 264 Å². The Morgan fingerprint density at radius 1 is 0.721 bits per heavy atom. The Morgan fingerprint density at radius 2 is 1.23 bits per heavy atom. The van der Waals surface area contributed by atoms with Crippen LogP contribution in [0.2, 0.25) is 0 Å². The van der Waals surface area contributed by atoms with Crippen molar-refractivity contribution in [2.24, 2.45) is 0 Å². The first-order valence-corrected chi connectivity index (χ1v) is 18.5. The number of nitrogens with zero attached hydrogens (tertiary/aromatic N) is 1. The molecule has 0 radical (unpaired) electrons. The van der Waals surface area contributed by atoms with E-state index in [1.165, 1.54) is 103 Å². The van der Waals surface area contributed by atoms with Crippen LogP contribution in [-0.2, 0) is 27.9 Å². The fraction of sp³-hybridized carbons (Fsp3) is 0.853. The number of quaternary nitrogens is 1. The van der Waals surface area contributed by atoms with E-state index in [0.717, 1.165) is 19.3 Å². The highest BCUT2D eigenvalue weighted by atomic mass is 31.2. The van der Waals surface area contributed by atoms with E-state index in [4.69, 9.17) is 18.5 Å². The third-order valence-electron chi connectivity index (χ3n) is 7.07. The zero-order chi connectivity index (χ0) is 32.1. The summed E-state index contributed by atoms with van der Waals surface area (Å²) < 4.78 is 33.5. The van der Waals surface area contributed by atoms with Crippen molar-refractivity contribution in [1.29, 1.82) is 0 Å². The summed E-state index contributed by atoms with van der Waals surface area (Å²) in [5.41, 5.74) is 0. The van der Waals surface area contributed by atoms with Gasteiger partial charge >= 0.3 is 13.8 Å². The summed E-state index contributed by atoms with van der Waals surface area (Å²) >= 11 is 0. The standard InChI is InChI=1S/C34H66NO7P/c1-6-7-8-9-10-11-12-13-14-15-16-17-18-19-20-21-22-23-24-25-26-27-29-39-31-34(42-33(2)36)32-41-43(37,38)40-30-28-35(3,4)5/h12-13,15-16,34H,6-11,14,17-32H2,1-5H3/p+1/b13-12-,16-15-. The molecule has 2 atom stereocenters. The lowest BCUT2D eigenvalue weighted by molar-refractivity contribution is -0.870. The van der Waals surface area contributed by atoms with Crippen molar-refractivity contribution in [3.8, 4) is 0 Å². The highest BCUT2D eigenvalue weighted by Crippen LogP contribution is 2.43. The maximum absolute atomic E-state index is 12.1. The lowest BCUT2D eigenvalue weighted by atomic mass is 10.1. The molecular formula is C34H67NO7P+. The summed E-state index contributed by atoms with van der Waals surface area (Å²) in [6.45, 7) is 4.61. The molecule has 0 aliphatic rings. The van der Waals surface area contributed by atoms with E-state index in [0.29, 0.717) is 17.6 Å². The van der Waals surface area contributed by atoms with Crippen molar-refractivity contribution >= 4 is 13.8 Å². The van der Waals surface area contributed by atoms with Gasteiger partial charge in [-0.3, -0.25) is 13.8 Å². The van der Waals surface area contributed by atoms with Crippen LogP contribution >= 0.6 is 7.82 Å². The first-order valence-electron chi connectivity index (χ1n) is 17.0. The predicted octanol–water partition coefficient (Wildman–Crippen LogP) is 8.93. The van der Waals surface area contributed by atoms with E-state index in [-0.39, 0.29) is 19.8 Å². The van der Waals surface area contributed by atoms with Crippen molar-refractivity contribution in [2.75, 3.05) is 54.1 Å². The number of rotatable bonds is 31. The first kappa shape index (κ1) is 42.0. The molecule has 0 spiro atoms. The highest BCUT2D eigenvalue weighted by Gasteiger charge is 2.25. The molecule has 0 saturated carbocycles. The maximum Gasteiger partial charge on any atom is 0.472 e. The second kappa shape index (κ2) is 28.5. The van der Waals surface area contributed by atoms with Crippen LogP contribution in [0.1, 0.15) is 129 Å². The van der Waals surface area contributed by atoms with Gasteiger partial charge in [-0.05, 0) is 38.5 Å². The fourth-order valence-electron chi connectivity index (χ4n) is 4.46. The van der Waals surface area contributed by atoms with Gasteiger partial charge in [-0.25, -0.2) is 4.57 Å². The minimum atomic E-state index is -4.22. The molecule has 8 nitrogen and oxygen atoms in total. The van der Waals surface area contributed by atoms with Crippen LogP contribution in [0, 0.1) is 0 Å². The lowest BCUT2D eigenvalue weighted by Crippen LogP contribution is -2.37. The van der Waals surface area contributed by atoms with E-state index in [1.807, 2.05) is 21.1 Å². The Bertz CT molecular complexity index is 752. The van der Waals surface area contributed by atoms with Crippen molar-refractivity contribution < 1.29 is 37.3 Å². The number of hydrogen-bond acceptors (Lipinski definition) is 6. The average Bonchev–Trinajstić information content (AvgIpc) is 2.93. The molecule has 0 aliphatic heterocycles. The predicted molar refractivity (Wildman–Crippen MR) is 178 cm³/mol. The molecule has 254 valence electrons. The van der Waals surface area contributed by atoms with Gasteiger partial charge in [0.2, 0.25) is 0 Å². The van der Waals surface area contributed by atoms with Crippen LogP contribution in [0.4, 0.5) is 0 Å². The molecule has 0 heterocycles. The Balaban J connectivity index is 3.65. The topological polar surface area (TPSA) is 91.3 Å². The number of carbonyl (C=O) groups excluding carboxylic acids is 1. The molecule has 43 heavy (non-hydrogen) atoms. The van der Waals surface area contributed by atoms with Crippen LogP contribution in [0.15, 0.2) is 24.3 Å². The summed E-state index contributed by atoms with van der Waals surface area (Å²) in [6, 6.07) is 0. The third-order valence-corrected chi connectivity index (χ3v) is 8.05. The molecule has 9 heteroatoms. The molecular weight excluding hydrogens is 565 g/mol. The van der Waals surface area contributed by atoms with Crippen molar-refractivity contribution in [2.45, 2.75) is 136 Å². The number of carbonyl (C=O) groups is 1. The van der Waals surface area contributed by atoms with Gasteiger partial charge in [0.05, 0.1) is 34.4 Å². The molecule has 0 saturated heterocycles. The largest absolute Gasteiger partial charge is 0.472 e. The second-order valence-electron chi connectivity index (χ2n) is 12.6. The number of phosphoric acid groups is 1. The zero-order valence-electron chi connectivity index (χ0n) is 28.4. The maximum atomic E-state index is 12.1. The van der Waals surface area contributed by atoms with Crippen LogP contribution in [-0.4, -0.2) is 75.6 Å². The molecule has 0 rings (SSSR count). The number of unbranched alkanes of at least 4 members (excludes halogenated alkanes) is 15. The van der Waals surface area contributed by atoms with E-state index in [9.17, 15) is 14.3 Å². The molecule has 0 aromatic heterocycles. The van der Waals surface area contributed by atoms with E-state index >= 15 is 0 Å². The summed E-state index contributed by atoms with van der Waals surface area (Å²) in [4.78, 5) is 21.3. The van der Waals surface area contributed by atoms with Gasteiger partial charge in [-0.15, -0.1) is 0 Å². The van der Waals surface area contributed by atoms with Gasteiger partial charge in [0.25, 0.3) is 0 Å². The molecule has 2 unspecified atom stereocenters. The minimum Gasteiger partial charge on any atom is -0.458 e. The molecule has 0 bridgehead atoms. The lowest BCUT2D eigenvalue weighted by Gasteiger charge is -2.24. The molecule has 1 N–H and O–H groups in total. The van der Waals surface area contributed by atoms with Gasteiger partial charge < -0.3 is 18.9 Å². The van der Waals surface area contributed by atoms with Crippen LogP contribution in [0.3, 0.4) is 0 Å². The molecule has 0 fully saturated rings. The number of hydrogen-bond donors (Lipinski definition) is 1. The summed E-state index contributed by atoms with van der Waals surface area (Å²) in [6.07, 6.45) is 31.2. The number of likely N-dealkylation sites (N-methyl/N-ethyl adjacent to an activating group) is 1. The Morgan fingerprint density at radius 3 is 1.74 bits per heavy atom. The van der Waals surface area contributed by atoms with Gasteiger partial charge in [0.1, 0.15) is 19.3 Å². The first-order chi connectivity index (χ1) is 20.6. The molecule has 0 aliphatic carbocycles. The third kappa shape index (κ3) is 33.7. The molecule has 0 aromatic carbocycles. The monoisotopic (exact) mass is 632 g/mol. The van der Waals surface area contributed by atoms with Gasteiger partial charge in [-0.2, -0.15) is 0 Å². The van der Waals surface area contributed by atoms with E-state index < -0.39 is 19.9 Å². The van der Waals surface area contributed by atoms with Crippen LogP contribution in [0.25, 0.3) is 0 Å². The Hall–Kier alpha value is -1.02. The molecule has 0 aromatic rings. The van der Waals surface area contributed by atoms with Crippen molar-refractivity contribution in [1.82, 2.24) is 0 Å². The SMILES string of the molecule is CCCCCCC/C=C\C/C=C\CCCCCCCCCCCCOCC(COP(=O)(O)OCC[N+](C)(C)C)OC(C)=O. The van der Waals surface area contributed by atoms with Crippen LogP contribution in [0.5, 0.6) is 0 Å². The zero-order valence-corrected chi connectivity index (χ0v) is 29.3. The summed E-state index contributed by atoms with van der Waals surface area (Å²) in [7, 11) is 1.65. The fourth-order valence-corrected chi connectivity index (χ4v) is 5.20. The van der Waals surface area contributed by atoms with Gasteiger partial charge in [0.15, 0.2) is 0 Å². The minimum absolute atomic E-state index is 0.0850. The highest BCUT2D eigenvalue weighted by molar-refractivity contribution is 7.47. The van der Waals surface area contributed by atoms with E-state index in [1.54, 1.807) is 0 Å².